The van der Waals surface area contributed by atoms with Gasteiger partial charge in [0.15, 0.2) is 0 Å². The number of terminal acetylenes is 1. The molecule has 3 rings (SSSR count). The quantitative estimate of drug-likeness (QED) is 0.720. The van der Waals surface area contributed by atoms with Crippen molar-refractivity contribution in [3.63, 3.8) is 0 Å². The molecule has 0 N–H and O–H groups in total. The summed E-state index contributed by atoms with van der Waals surface area (Å²) in [5, 5.41) is 0. The predicted octanol–water partition coefficient (Wildman–Crippen LogP) is 5.11. The standard InChI is InChI=1S/C23H25NO2/c1-3-7-19-14-15-24(22(16-19)21-12-10-18(2)11-13-21)23(25)26-17-20-8-5-4-6-9-20/h1,4-6,8-13,19,22H,7,14-17H2,2H3/t19-,22-/m0/s1. The lowest BCUT2D eigenvalue weighted by Crippen LogP contribution is -2.41. The van der Waals surface area contributed by atoms with Gasteiger partial charge < -0.3 is 9.64 Å². The number of carbonyl (C=O) groups excluding carboxylic acids is 1. The average Bonchev–Trinajstić information content (AvgIpc) is 2.68. The summed E-state index contributed by atoms with van der Waals surface area (Å²) in [5.41, 5.74) is 3.35. The second kappa shape index (κ2) is 8.58. The van der Waals surface area contributed by atoms with Gasteiger partial charge in [-0.25, -0.2) is 4.79 Å². The van der Waals surface area contributed by atoms with Crippen molar-refractivity contribution in [1.82, 2.24) is 4.90 Å². The molecular weight excluding hydrogens is 322 g/mol. The van der Waals surface area contributed by atoms with Crippen LogP contribution in [0, 0.1) is 25.2 Å². The van der Waals surface area contributed by atoms with Crippen molar-refractivity contribution < 1.29 is 9.53 Å². The van der Waals surface area contributed by atoms with Crippen LogP contribution in [0.25, 0.3) is 0 Å². The number of ether oxygens (including phenoxy) is 1. The Morgan fingerprint density at radius 3 is 2.62 bits per heavy atom. The number of piperidine rings is 1. The largest absolute Gasteiger partial charge is 0.445 e. The maximum Gasteiger partial charge on any atom is 0.410 e. The molecule has 0 saturated carbocycles. The zero-order valence-corrected chi connectivity index (χ0v) is 15.2. The first-order chi connectivity index (χ1) is 12.7. The number of hydrogen-bond donors (Lipinski definition) is 0. The number of benzene rings is 2. The van der Waals surface area contributed by atoms with Gasteiger partial charge in [0.25, 0.3) is 0 Å². The molecule has 0 aliphatic carbocycles. The first-order valence-electron chi connectivity index (χ1n) is 9.14. The number of hydrogen-bond acceptors (Lipinski definition) is 2. The fourth-order valence-corrected chi connectivity index (χ4v) is 3.52. The Morgan fingerprint density at radius 2 is 1.92 bits per heavy atom. The zero-order chi connectivity index (χ0) is 18.4. The molecular formula is C23H25NO2. The van der Waals surface area contributed by atoms with Gasteiger partial charge in [-0.15, -0.1) is 12.3 Å². The number of likely N-dealkylation sites (tertiary alicyclic amines) is 1. The number of rotatable bonds is 4. The van der Waals surface area contributed by atoms with Crippen LogP contribution in [0.5, 0.6) is 0 Å². The third kappa shape index (κ3) is 4.46. The summed E-state index contributed by atoms with van der Waals surface area (Å²) in [6.45, 7) is 3.04. The summed E-state index contributed by atoms with van der Waals surface area (Å²) in [6.07, 6.45) is 7.83. The molecule has 0 aromatic heterocycles. The molecule has 1 heterocycles. The number of amides is 1. The van der Waals surface area contributed by atoms with Gasteiger partial charge in [0.1, 0.15) is 6.61 Å². The Labute approximate surface area is 156 Å². The van der Waals surface area contributed by atoms with E-state index in [2.05, 4.69) is 37.1 Å². The van der Waals surface area contributed by atoms with Gasteiger partial charge >= 0.3 is 6.09 Å². The Bertz CT molecular complexity index is 761. The fraction of sp³-hybridized carbons (Fsp3) is 0.348. The third-order valence-electron chi connectivity index (χ3n) is 5.02. The van der Waals surface area contributed by atoms with Crippen LogP contribution in [0.4, 0.5) is 4.79 Å². The zero-order valence-electron chi connectivity index (χ0n) is 15.2. The van der Waals surface area contributed by atoms with Crippen molar-refractivity contribution in [3.8, 4) is 12.3 Å². The molecule has 1 aliphatic heterocycles. The van der Waals surface area contributed by atoms with Crippen LogP contribution < -0.4 is 0 Å². The van der Waals surface area contributed by atoms with Crippen molar-refractivity contribution in [2.45, 2.75) is 38.8 Å². The highest BCUT2D eigenvalue weighted by Gasteiger charge is 2.33. The number of nitrogens with zero attached hydrogens (tertiary/aromatic N) is 1. The van der Waals surface area contributed by atoms with E-state index in [1.807, 2.05) is 35.2 Å². The molecule has 1 aliphatic rings. The molecule has 3 nitrogen and oxygen atoms in total. The summed E-state index contributed by atoms with van der Waals surface area (Å²) in [6, 6.07) is 18.2. The highest BCUT2D eigenvalue weighted by molar-refractivity contribution is 5.68. The van der Waals surface area contributed by atoms with Crippen molar-refractivity contribution in [3.05, 3.63) is 71.3 Å². The maximum atomic E-state index is 12.8. The minimum atomic E-state index is -0.251. The van der Waals surface area contributed by atoms with E-state index in [-0.39, 0.29) is 12.1 Å². The van der Waals surface area contributed by atoms with Crippen LogP contribution >= 0.6 is 0 Å². The smallest absolute Gasteiger partial charge is 0.410 e. The lowest BCUT2D eigenvalue weighted by Gasteiger charge is -2.38. The average molecular weight is 347 g/mol. The van der Waals surface area contributed by atoms with Crippen LogP contribution in [0.15, 0.2) is 54.6 Å². The van der Waals surface area contributed by atoms with E-state index < -0.39 is 0 Å². The van der Waals surface area contributed by atoms with E-state index in [0.29, 0.717) is 19.1 Å². The van der Waals surface area contributed by atoms with Crippen LogP contribution in [0.1, 0.15) is 42.0 Å². The van der Waals surface area contributed by atoms with Crippen LogP contribution in [0.2, 0.25) is 0 Å². The van der Waals surface area contributed by atoms with E-state index in [1.165, 1.54) is 5.56 Å². The molecule has 1 fully saturated rings. The Hall–Kier alpha value is -2.73. The van der Waals surface area contributed by atoms with Gasteiger partial charge in [0.05, 0.1) is 6.04 Å². The van der Waals surface area contributed by atoms with Crippen LogP contribution in [0.3, 0.4) is 0 Å². The van der Waals surface area contributed by atoms with Crippen molar-refractivity contribution in [2.24, 2.45) is 5.92 Å². The minimum Gasteiger partial charge on any atom is -0.445 e. The van der Waals surface area contributed by atoms with E-state index in [4.69, 9.17) is 11.2 Å². The molecule has 0 bridgehead atoms. The van der Waals surface area contributed by atoms with Crippen molar-refractivity contribution >= 4 is 6.09 Å². The van der Waals surface area contributed by atoms with Crippen molar-refractivity contribution in [2.75, 3.05) is 6.54 Å². The van der Waals surface area contributed by atoms with Gasteiger partial charge in [0, 0.05) is 13.0 Å². The molecule has 2 aromatic carbocycles. The summed E-state index contributed by atoms with van der Waals surface area (Å²) in [4.78, 5) is 14.6. The van der Waals surface area contributed by atoms with E-state index in [1.54, 1.807) is 0 Å². The lowest BCUT2D eigenvalue weighted by atomic mass is 9.85. The SMILES string of the molecule is C#CC[C@H]1CCN(C(=O)OCc2ccccc2)[C@H](c2ccc(C)cc2)C1. The normalized spacial score (nSPS) is 19.6. The molecule has 26 heavy (non-hydrogen) atoms. The first kappa shape index (κ1) is 18.1. The molecule has 0 radical (unpaired) electrons. The number of aryl methyl sites for hydroxylation is 1. The Kier molecular flexibility index (Phi) is 5.96. The monoisotopic (exact) mass is 347 g/mol. The van der Waals surface area contributed by atoms with Crippen LogP contribution in [-0.2, 0) is 11.3 Å². The molecule has 0 spiro atoms. The lowest BCUT2D eigenvalue weighted by molar-refractivity contribution is 0.0571. The van der Waals surface area contributed by atoms with Gasteiger partial charge in [-0.1, -0.05) is 60.2 Å². The molecule has 2 aromatic rings. The van der Waals surface area contributed by atoms with E-state index >= 15 is 0 Å². The minimum absolute atomic E-state index is 0.0194. The molecule has 134 valence electrons. The highest BCUT2D eigenvalue weighted by atomic mass is 16.6. The molecule has 0 unspecified atom stereocenters. The predicted molar refractivity (Wildman–Crippen MR) is 103 cm³/mol. The van der Waals surface area contributed by atoms with E-state index in [9.17, 15) is 4.79 Å². The van der Waals surface area contributed by atoms with Gasteiger partial charge in [-0.2, -0.15) is 0 Å². The molecule has 3 heteroatoms. The molecule has 1 amide bonds. The summed E-state index contributed by atoms with van der Waals surface area (Å²) in [5.74, 6) is 3.22. The van der Waals surface area contributed by atoms with Gasteiger partial charge in [0.2, 0.25) is 0 Å². The third-order valence-corrected chi connectivity index (χ3v) is 5.02. The van der Waals surface area contributed by atoms with Crippen molar-refractivity contribution in [1.29, 1.82) is 0 Å². The molecule has 1 saturated heterocycles. The second-order valence-electron chi connectivity index (χ2n) is 6.96. The van der Waals surface area contributed by atoms with Gasteiger partial charge in [-0.05, 0) is 36.8 Å². The Balaban J connectivity index is 1.73. The highest BCUT2D eigenvalue weighted by Crippen LogP contribution is 2.36. The Morgan fingerprint density at radius 1 is 1.19 bits per heavy atom. The topological polar surface area (TPSA) is 29.5 Å². The first-order valence-corrected chi connectivity index (χ1v) is 9.14. The summed E-state index contributed by atoms with van der Waals surface area (Å²) in [7, 11) is 0. The summed E-state index contributed by atoms with van der Waals surface area (Å²) < 4.78 is 5.58. The number of carbonyl (C=O) groups is 1. The van der Waals surface area contributed by atoms with E-state index in [0.717, 1.165) is 30.4 Å². The maximum absolute atomic E-state index is 12.8. The second-order valence-corrected chi connectivity index (χ2v) is 6.96. The fourth-order valence-electron chi connectivity index (χ4n) is 3.52. The summed E-state index contributed by atoms with van der Waals surface area (Å²) >= 11 is 0. The van der Waals surface area contributed by atoms with Crippen LogP contribution in [-0.4, -0.2) is 17.5 Å². The van der Waals surface area contributed by atoms with Gasteiger partial charge in [-0.3, -0.25) is 0 Å². The molecule has 2 atom stereocenters.